The molecule has 0 spiro atoms. The van der Waals surface area contributed by atoms with Crippen LogP contribution in [0.3, 0.4) is 0 Å². The minimum atomic E-state index is -0.0701. The molecule has 2 N–H and O–H groups in total. The number of nitrogens with zero attached hydrogens (tertiary/aromatic N) is 1. The molecule has 2 rings (SSSR count). The van der Waals surface area contributed by atoms with Gasteiger partial charge >= 0.3 is 0 Å². The fraction of sp³-hybridized carbons (Fsp3) is 0.938. The van der Waals surface area contributed by atoms with E-state index < -0.39 is 0 Å². The van der Waals surface area contributed by atoms with Gasteiger partial charge in [-0.3, -0.25) is 4.79 Å². The molecule has 1 aliphatic heterocycles. The van der Waals surface area contributed by atoms with Gasteiger partial charge in [0.15, 0.2) is 0 Å². The summed E-state index contributed by atoms with van der Waals surface area (Å²) >= 11 is 0. The van der Waals surface area contributed by atoms with E-state index in [-0.39, 0.29) is 11.9 Å². The predicted octanol–water partition coefficient (Wildman–Crippen LogP) is 1.75. The lowest BCUT2D eigenvalue weighted by Crippen LogP contribution is -2.50. The Morgan fingerprint density at radius 2 is 1.85 bits per heavy atom. The van der Waals surface area contributed by atoms with Crippen LogP contribution in [0.15, 0.2) is 0 Å². The molecule has 0 radical (unpaired) electrons. The zero-order valence-electron chi connectivity index (χ0n) is 13.3. The zero-order valence-corrected chi connectivity index (χ0v) is 13.3. The van der Waals surface area contributed by atoms with Gasteiger partial charge in [-0.1, -0.05) is 6.92 Å². The number of amides is 1. The molecule has 2 aliphatic rings. The van der Waals surface area contributed by atoms with Gasteiger partial charge in [-0.2, -0.15) is 0 Å². The summed E-state index contributed by atoms with van der Waals surface area (Å²) in [6.07, 6.45) is 6.07. The molecule has 4 heteroatoms. The largest absolute Gasteiger partial charge is 0.352 e. The number of hydrogen-bond acceptors (Lipinski definition) is 3. The van der Waals surface area contributed by atoms with Crippen molar-refractivity contribution >= 4 is 5.91 Å². The maximum Gasteiger partial charge on any atom is 0.237 e. The van der Waals surface area contributed by atoms with Crippen molar-refractivity contribution in [3.8, 4) is 0 Å². The highest BCUT2D eigenvalue weighted by Crippen LogP contribution is 2.21. The molecule has 1 aliphatic carbocycles. The second-order valence-electron chi connectivity index (χ2n) is 6.64. The lowest BCUT2D eigenvalue weighted by atomic mass is 9.90. The monoisotopic (exact) mass is 281 g/mol. The summed E-state index contributed by atoms with van der Waals surface area (Å²) in [4.78, 5) is 14.5. The van der Waals surface area contributed by atoms with Crippen molar-refractivity contribution in [2.45, 2.75) is 71.0 Å². The highest BCUT2D eigenvalue weighted by atomic mass is 16.2. The van der Waals surface area contributed by atoms with Crippen LogP contribution in [0.4, 0.5) is 0 Å². The van der Waals surface area contributed by atoms with Crippen molar-refractivity contribution in [1.82, 2.24) is 15.5 Å². The van der Waals surface area contributed by atoms with E-state index >= 15 is 0 Å². The molecule has 0 aromatic rings. The van der Waals surface area contributed by atoms with E-state index in [1.807, 2.05) is 6.92 Å². The van der Waals surface area contributed by atoms with Gasteiger partial charge in [0.2, 0.25) is 5.91 Å². The average Bonchev–Trinajstić information content (AvgIpc) is 3.23. The third-order valence-corrected chi connectivity index (χ3v) is 4.71. The highest BCUT2D eigenvalue weighted by Gasteiger charge is 2.28. The number of carbonyl (C=O) groups excluding carboxylic acids is 1. The van der Waals surface area contributed by atoms with Crippen LogP contribution in [0, 0.1) is 5.92 Å². The second kappa shape index (κ2) is 7.41. The van der Waals surface area contributed by atoms with Gasteiger partial charge in [0.25, 0.3) is 0 Å². The summed E-state index contributed by atoms with van der Waals surface area (Å²) < 4.78 is 0. The van der Waals surface area contributed by atoms with E-state index in [0.29, 0.717) is 18.0 Å². The van der Waals surface area contributed by atoms with Gasteiger partial charge in [-0.25, -0.2) is 0 Å². The molecule has 2 unspecified atom stereocenters. The van der Waals surface area contributed by atoms with Crippen LogP contribution in [-0.2, 0) is 4.79 Å². The molecule has 116 valence electrons. The first kappa shape index (κ1) is 15.8. The summed E-state index contributed by atoms with van der Waals surface area (Å²) in [5.74, 6) is 0.877. The van der Waals surface area contributed by atoms with E-state index in [2.05, 4.69) is 29.4 Å². The number of hydrogen-bond donors (Lipinski definition) is 2. The van der Waals surface area contributed by atoms with E-state index in [1.54, 1.807) is 0 Å². The number of nitrogens with one attached hydrogen (secondary N) is 2. The molecule has 0 bridgehead atoms. The van der Waals surface area contributed by atoms with Crippen molar-refractivity contribution in [1.29, 1.82) is 0 Å². The third kappa shape index (κ3) is 4.74. The van der Waals surface area contributed by atoms with Crippen LogP contribution in [-0.4, -0.2) is 48.6 Å². The van der Waals surface area contributed by atoms with Crippen LogP contribution in [0.25, 0.3) is 0 Å². The van der Waals surface area contributed by atoms with Gasteiger partial charge in [0.1, 0.15) is 0 Å². The normalized spacial score (nSPS) is 24.4. The molecule has 0 aromatic heterocycles. The van der Waals surface area contributed by atoms with Gasteiger partial charge < -0.3 is 15.5 Å². The van der Waals surface area contributed by atoms with Crippen molar-refractivity contribution in [3.05, 3.63) is 0 Å². The van der Waals surface area contributed by atoms with Crippen LogP contribution in [0.1, 0.15) is 52.9 Å². The Hall–Kier alpha value is -0.610. The first-order chi connectivity index (χ1) is 9.60. The minimum Gasteiger partial charge on any atom is -0.352 e. The Labute approximate surface area is 123 Å². The van der Waals surface area contributed by atoms with Crippen LogP contribution >= 0.6 is 0 Å². The van der Waals surface area contributed by atoms with Crippen molar-refractivity contribution in [2.24, 2.45) is 5.92 Å². The summed E-state index contributed by atoms with van der Waals surface area (Å²) in [5.41, 5.74) is 0. The van der Waals surface area contributed by atoms with E-state index in [1.165, 1.54) is 38.9 Å². The first-order valence-electron chi connectivity index (χ1n) is 8.39. The first-order valence-corrected chi connectivity index (χ1v) is 8.39. The van der Waals surface area contributed by atoms with Crippen molar-refractivity contribution < 1.29 is 4.79 Å². The molecule has 0 aromatic carbocycles. The molecule has 1 amide bonds. The smallest absolute Gasteiger partial charge is 0.237 e. The van der Waals surface area contributed by atoms with Crippen molar-refractivity contribution in [3.63, 3.8) is 0 Å². The Kier molecular flexibility index (Phi) is 5.85. The average molecular weight is 281 g/mol. The lowest BCUT2D eigenvalue weighted by Gasteiger charge is -2.35. The van der Waals surface area contributed by atoms with Crippen LogP contribution in [0.2, 0.25) is 0 Å². The Morgan fingerprint density at radius 3 is 2.40 bits per heavy atom. The Balaban J connectivity index is 1.68. The minimum absolute atomic E-state index is 0.0701. The molecule has 1 heterocycles. The summed E-state index contributed by atoms with van der Waals surface area (Å²) in [6, 6.07) is 0.817. The fourth-order valence-corrected chi connectivity index (χ4v) is 3.15. The maximum atomic E-state index is 12.0. The summed E-state index contributed by atoms with van der Waals surface area (Å²) in [5, 5.41) is 6.57. The van der Waals surface area contributed by atoms with E-state index in [9.17, 15) is 4.79 Å². The number of likely N-dealkylation sites (tertiary alicyclic amines) is 1. The standard InChI is InChI=1S/C16H31N3O/c1-4-9-19-10-7-14(8-11-19)12(2)17-13(3)16(20)18-15-5-6-15/h12-15,17H,4-11H2,1-3H3,(H,18,20). The third-order valence-electron chi connectivity index (χ3n) is 4.71. The molecule has 1 saturated carbocycles. The molecule has 4 nitrogen and oxygen atoms in total. The van der Waals surface area contributed by atoms with Crippen LogP contribution < -0.4 is 10.6 Å². The molecule has 2 fully saturated rings. The molecular weight excluding hydrogens is 250 g/mol. The Bertz CT molecular complexity index is 309. The predicted molar refractivity (Wildman–Crippen MR) is 82.7 cm³/mol. The van der Waals surface area contributed by atoms with Gasteiger partial charge in [-0.15, -0.1) is 0 Å². The topological polar surface area (TPSA) is 44.4 Å². The quantitative estimate of drug-likeness (QED) is 0.747. The van der Waals surface area contributed by atoms with Crippen LogP contribution in [0.5, 0.6) is 0 Å². The SMILES string of the molecule is CCCN1CCC(C(C)NC(C)C(=O)NC2CC2)CC1. The van der Waals surface area contributed by atoms with Gasteiger partial charge in [0, 0.05) is 12.1 Å². The maximum absolute atomic E-state index is 12.0. The van der Waals surface area contributed by atoms with Crippen molar-refractivity contribution in [2.75, 3.05) is 19.6 Å². The van der Waals surface area contributed by atoms with E-state index in [0.717, 1.165) is 12.8 Å². The van der Waals surface area contributed by atoms with E-state index in [4.69, 9.17) is 0 Å². The lowest BCUT2D eigenvalue weighted by molar-refractivity contribution is -0.123. The summed E-state index contributed by atoms with van der Waals surface area (Å²) in [7, 11) is 0. The number of rotatable bonds is 7. The molecular formula is C16H31N3O. The zero-order chi connectivity index (χ0) is 14.5. The molecule has 20 heavy (non-hydrogen) atoms. The van der Waals surface area contributed by atoms with Gasteiger partial charge in [-0.05, 0) is 71.5 Å². The fourth-order valence-electron chi connectivity index (χ4n) is 3.15. The number of carbonyl (C=O) groups is 1. The second-order valence-corrected chi connectivity index (χ2v) is 6.64. The molecule has 1 saturated heterocycles. The molecule has 2 atom stereocenters. The van der Waals surface area contributed by atoms with Gasteiger partial charge in [0.05, 0.1) is 6.04 Å². The highest BCUT2D eigenvalue weighted by molar-refractivity contribution is 5.81. The Morgan fingerprint density at radius 1 is 1.20 bits per heavy atom. The number of piperidine rings is 1. The summed E-state index contributed by atoms with van der Waals surface area (Å²) in [6.45, 7) is 10.1.